The number of furan rings is 1. The quantitative estimate of drug-likeness (QED) is 0.0536. The first kappa shape index (κ1) is 80.0. The molecule has 75 heavy (non-hydrogen) atoms. The molecule has 3 N–H and O–H groups in total. The van der Waals surface area contributed by atoms with Crippen molar-refractivity contribution in [3.63, 3.8) is 0 Å². The fraction of sp³-hybridized carbons (Fsp3) is 0.275. The molecule has 13 unspecified atom stereocenters. The molecule has 9 nitrogen and oxygen atoms in total. The van der Waals surface area contributed by atoms with Gasteiger partial charge in [0.25, 0.3) is 0 Å². The van der Waals surface area contributed by atoms with E-state index in [0.29, 0.717) is 23.0 Å². The van der Waals surface area contributed by atoms with Gasteiger partial charge in [-0.05, 0) is 154 Å². The minimum absolute atomic E-state index is 0. The van der Waals surface area contributed by atoms with Gasteiger partial charge in [0, 0.05) is 22.6 Å². The van der Waals surface area contributed by atoms with Crippen LogP contribution in [0.15, 0.2) is 110 Å². The van der Waals surface area contributed by atoms with Crippen LogP contribution >= 0.6 is 201 Å². The molecule has 1 heterocycles. The molecule has 35 heteroatoms. The number of alkyl carbamates (subject to hydrolysis) is 1. The van der Waals surface area contributed by atoms with Crippen molar-refractivity contribution in [3.05, 3.63) is 140 Å². The number of aromatic carboxylic acids is 1. The summed E-state index contributed by atoms with van der Waals surface area (Å²) in [6.07, 6.45) is -4.77. The van der Waals surface area contributed by atoms with Crippen LogP contribution in [0.2, 0.25) is 0 Å². The van der Waals surface area contributed by atoms with Gasteiger partial charge in [0.05, 0.1) is 10.9 Å². The van der Waals surface area contributed by atoms with Crippen molar-refractivity contribution in [2.75, 3.05) is 7.11 Å². The third-order valence-electron chi connectivity index (χ3n) is 8.84. The molecule has 13 atom stereocenters. The van der Waals surface area contributed by atoms with Gasteiger partial charge >= 0.3 is 53.8 Å². The number of hydrogen-bond donors (Lipinski definition) is 3. The zero-order valence-corrected chi connectivity index (χ0v) is 68.1. The Hall–Kier alpha value is 4.99. The zero-order valence-electron chi connectivity index (χ0n) is 42.6. The molecule has 0 radical (unpaired) electrons. The van der Waals surface area contributed by atoms with Gasteiger partial charge in [-0.15, -0.1) is 89.3 Å². The van der Waals surface area contributed by atoms with Crippen molar-refractivity contribution >= 4 is 230 Å². The number of methoxy groups -OCH3 is 1. The van der Waals surface area contributed by atoms with Crippen LogP contribution in [-0.4, -0.2) is 41.0 Å². The molecule has 414 valence electrons. The topological polar surface area (TPSA) is 135 Å². The molecule has 5 rings (SSSR count). The molecular weight excluding hydrogens is 1530 g/mol. The average Bonchev–Trinajstić information content (AvgIpc) is 3.81. The van der Waals surface area contributed by atoms with Crippen molar-refractivity contribution in [3.8, 4) is 0 Å². The number of aliphatic carboxylic acids is 1. The number of carboxylic acid groups (broad SMARTS) is 2. The minimum Gasteiger partial charge on any atom is -1.00 e. The van der Waals surface area contributed by atoms with E-state index in [0.717, 1.165) is 44.9 Å². The maximum absolute atomic E-state index is 11.8. The van der Waals surface area contributed by atoms with Gasteiger partial charge in [-0.3, -0.25) is 0 Å². The number of amides is 1. The minimum atomic E-state index is -4.37. The summed E-state index contributed by atoms with van der Waals surface area (Å²) in [6.45, 7) is 10.2. The molecule has 1 amide bonds. The van der Waals surface area contributed by atoms with Crippen LogP contribution in [0.25, 0.3) is 10.8 Å². The second-order valence-corrected chi connectivity index (χ2v) is 90.7. The molecule has 0 aliphatic rings. The summed E-state index contributed by atoms with van der Waals surface area (Å²) < 4.78 is 51.9. The summed E-state index contributed by atoms with van der Waals surface area (Å²) in [6, 6.07) is 28.3. The molecule has 0 fully saturated rings. The van der Waals surface area contributed by atoms with E-state index >= 15 is 0 Å². The largest absolute Gasteiger partial charge is 1.00 e. The maximum atomic E-state index is 11.8. The molecule has 0 aliphatic carbocycles. The third-order valence-corrected chi connectivity index (χ3v) is 128. The maximum Gasteiger partial charge on any atom is 1.00 e. The Kier molecular flexibility index (Phi) is 43.1. The molecule has 5 aromatic rings. The summed E-state index contributed by atoms with van der Waals surface area (Å²) in [5.41, 5.74) is 1.11. The number of benzene rings is 4. The number of rotatable bonds is 15. The predicted molar refractivity (Wildman–Crippen MR) is 377 cm³/mol. The zero-order chi connectivity index (χ0) is 56.9. The monoisotopic (exact) mass is 1590 g/mol. The second-order valence-electron chi connectivity index (χ2n) is 15.5. The van der Waals surface area contributed by atoms with Gasteiger partial charge in [0.2, 0.25) is 5.76 Å². The normalized spacial score (nSPS) is 12.8. The molecule has 0 saturated heterocycles. The van der Waals surface area contributed by atoms with Crippen LogP contribution in [0.3, 0.4) is 0 Å². The summed E-state index contributed by atoms with van der Waals surface area (Å²) in [7, 11) is 33.8. The summed E-state index contributed by atoms with van der Waals surface area (Å²) in [4.78, 5) is 33.4. The number of carbonyl (C=O) groups excluding carboxylic acids is 1. The smallest absolute Gasteiger partial charge is 1.00 e. The number of ether oxygens (including phenoxy) is 2. The third kappa shape index (κ3) is 30.0. The number of hydrogen-bond acceptors (Lipinski definition) is 6. The molecule has 0 aliphatic heterocycles. The number of carboxylic acids is 2. The Morgan fingerprint density at radius 1 is 0.747 bits per heavy atom. The SMILES string of the molecule is CC(C)(C)OC(=O)NCc1ccc(Br)cc1.COC(C)(C(=O)O)c1cccc(Br)c1.Cc1ccc2ccccc2c1C(=O)O.FC(F)(F)c1ccc(CBr)o1.PPP(P)P(P(P(P)P)P(P)P)P(P(P)P)P(P)P.[H-].[Na+]. The van der Waals surface area contributed by atoms with Crippen molar-refractivity contribution in [2.24, 2.45) is 0 Å². The van der Waals surface area contributed by atoms with Crippen LogP contribution < -0.4 is 34.9 Å². The average molecular weight is 1590 g/mol. The Balaban J connectivity index is 0. The molecule has 1 aromatic heterocycles. The first-order chi connectivity index (χ1) is 34.2. The fourth-order valence-electron chi connectivity index (χ4n) is 5.37. The van der Waals surface area contributed by atoms with Crippen LogP contribution in [0.1, 0.15) is 67.7 Å². The number of carbonyl (C=O) groups is 3. The first-order valence-electron chi connectivity index (χ1n) is 20.5. The van der Waals surface area contributed by atoms with Crippen molar-refractivity contribution in [2.45, 2.75) is 63.9 Å². The van der Waals surface area contributed by atoms with Gasteiger partial charge < -0.3 is 30.8 Å². The van der Waals surface area contributed by atoms with E-state index < -0.39 is 41.2 Å². The number of aryl methyl sites for hydroxylation is 1. The Bertz CT molecular complexity index is 2500. The predicted octanol–water partition coefficient (Wildman–Crippen LogP) is 19.8. The van der Waals surface area contributed by atoms with E-state index in [9.17, 15) is 27.6 Å². The Labute approximate surface area is 522 Å². The summed E-state index contributed by atoms with van der Waals surface area (Å²) >= 11 is 9.61. The van der Waals surface area contributed by atoms with Gasteiger partial charge in [0.1, 0.15) is 11.4 Å². The van der Waals surface area contributed by atoms with E-state index in [1.54, 1.807) is 18.2 Å². The van der Waals surface area contributed by atoms with E-state index in [1.165, 1.54) is 20.1 Å². The van der Waals surface area contributed by atoms with Gasteiger partial charge in [-0.2, -0.15) is 13.2 Å². The van der Waals surface area contributed by atoms with E-state index in [-0.39, 0.29) is 92.6 Å². The van der Waals surface area contributed by atoms with Crippen LogP contribution in [-0.2, 0) is 37.9 Å². The molecule has 0 bridgehead atoms. The van der Waals surface area contributed by atoms with Gasteiger partial charge in [-0.1, -0.05) is 116 Å². The Morgan fingerprint density at radius 3 is 1.68 bits per heavy atom. The van der Waals surface area contributed by atoms with Crippen molar-refractivity contribution < 1.29 is 82.6 Å². The van der Waals surface area contributed by atoms with E-state index in [2.05, 4.69) is 147 Å². The summed E-state index contributed by atoms with van der Waals surface area (Å²) in [5.74, 6) is -2.54. The molecule has 0 saturated carbocycles. The van der Waals surface area contributed by atoms with E-state index in [4.69, 9.17) is 19.7 Å². The van der Waals surface area contributed by atoms with Crippen LogP contribution in [0, 0.1) is 6.92 Å². The molecule has 4 aromatic carbocycles. The van der Waals surface area contributed by atoms with Gasteiger partial charge in [-0.25, -0.2) is 14.4 Å². The fourth-order valence-corrected chi connectivity index (χ4v) is 225. The number of nitrogens with one attached hydrogen (secondary N) is 1. The first-order valence-corrected chi connectivity index (χ1v) is 57.1. The van der Waals surface area contributed by atoms with Crippen LogP contribution in [0.5, 0.6) is 0 Å². The second kappa shape index (κ2) is 40.4. The number of halogens is 6. The van der Waals surface area contributed by atoms with Crippen LogP contribution in [0.4, 0.5) is 18.0 Å². The number of alkyl halides is 4. The summed E-state index contributed by atoms with van der Waals surface area (Å²) in [5, 5.41) is 22.9. The van der Waals surface area contributed by atoms with E-state index in [1.807, 2.05) is 94.4 Å². The Morgan fingerprint density at radius 2 is 1.28 bits per heavy atom. The molecular formula is C40H63Br3F3NNaO8P19. The standard InChI is InChI=1S/C12H16BrNO2.C12H10O2.C10H11BrO3.C6H4BrF3O.Na.H21P19.H/c1-12(2,3)16-11(15)14-8-9-4-6-10(13)7-5-9;1-8-6-7-9-4-2-3-5-10(9)11(8)12(13)14;1-10(14-2,9(12)13)7-4-3-5-8(11)6-7;7-3-4-1-2-5(11-4)6(8,9)10;;1-11-16(10)19(17(12(2)3)13(4)5)18(14(6)7)15(8)9;/h4-7H,8H2,1-3H3,(H,14,15);2-7H,1H3,(H,13,14);3-6H,1-2H3,(H,12,13);1-2H,3H2;;11H,1-10H2;/q;;;;+1;;-1. The molecule has 0 spiro atoms. The van der Waals surface area contributed by atoms with Gasteiger partial charge in [0.15, 0.2) is 5.60 Å². The van der Waals surface area contributed by atoms with Crippen molar-refractivity contribution in [1.29, 1.82) is 0 Å². The van der Waals surface area contributed by atoms with Crippen molar-refractivity contribution in [1.82, 2.24) is 5.32 Å². The number of fused-ring (bicyclic) bond motifs is 1.